The topological polar surface area (TPSA) is 58.4 Å². The van der Waals surface area contributed by atoms with Gasteiger partial charge in [0.1, 0.15) is 0 Å². The zero-order chi connectivity index (χ0) is 13.4. The summed E-state index contributed by atoms with van der Waals surface area (Å²) in [6, 6.07) is 0.346. The highest BCUT2D eigenvalue weighted by atomic mass is 16.1. The van der Waals surface area contributed by atoms with E-state index in [4.69, 9.17) is 5.73 Å². The molecule has 0 aromatic rings. The minimum atomic E-state index is -0.253. The summed E-state index contributed by atoms with van der Waals surface area (Å²) < 4.78 is 0. The van der Waals surface area contributed by atoms with Crippen LogP contribution < -0.4 is 11.1 Å². The molecule has 2 atom stereocenters. The molecule has 0 aromatic carbocycles. The number of primary amides is 1. The van der Waals surface area contributed by atoms with Crippen LogP contribution in [-0.2, 0) is 4.79 Å². The fraction of sp³-hybridized carbons (Fsp3) is 0.923. The Morgan fingerprint density at radius 1 is 1.35 bits per heavy atom. The molecule has 17 heavy (non-hydrogen) atoms. The Hall–Kier alpha value is -0.610. The highest BCUT2D eigenvalue weighted by molar-refractivity contribution is 5.79. The van der Waals surface area contributed by atoms with Crippen molar-refractivity contribution < 1.29 is 4.79 Å². The second kappa shape index (κ2) is 8.48. The van der Waals surface area contributed by atoms with Gasteiger partial charge in [0.2, 0.25) is 5.91 Å². The van der Waals surface area contributed by atoms with Crippen LogP contribution in [0.25, 0.3) is 0 Å². The van der Waals surface area contributed by atoms with Crippen molar-refractivity contribution in [1.82, 2.24) is 10.2 Å². The first-order valence-electron chi connectivity index (χ1n) is 6.61. The maximum absolute atomic E-state index is 11.2. The van der Waals surface area contributed by atoms with Crippen molar-refractivity contribution in [1.29, 1.82) is 0 Å². The number of amides is 1. The predicted molar refractivity (Wildman–Crippen MR) is 72.8 cm³/mol. The molecule has 0 aliphatic carbocycles. The summed E-state index contributed by atoms with van der Waals surface area (Å²) in [6.45, 7) is 10.4. The van der Waals surface area contributed by atoms with Gasteiger partial charge in [0.15, 0.2) is 0 Å². The average Bonchev–Trinajstić information content (AvgIpc) is 2.22. The zero-order valence-electron chi connectivity index (χ0n) is 12.0. The molecule has 0 rings (SSSR count). The molecule has 102 valence electrons. The van der Waals surface area contributed by atoms with E-state index >= 15 is 0 Å². The number of hydrogen-bond acceptors (Lipinski definition) is 3. The van der Waals surface area contributed by atoms with Crippen LogP contribution in [0.4, 0.5) is 0 Å². The number of hydrogen-bond donors (Lipinski definition) is 2. The number of carbonyl (C=O) groups is 1. The van der Waals surface area contributed by atoms with E-state index in [9.17, 15) is 4.79 Å². The molecule has 2 unspecified atom stereocenters. The average molecular weight is 243 g/mol. The lowest BCUT2D eigenvalue weighted by Crippen LogP contribution is -2.44. The van der Waals surface area contributed by atoms with Gasteiger partial charge in [-0.1, -0.05) is 20.8 Å². The fourth-order valence-corrected chi connectivity index (χ4v) is 2.01. The first kappa shape index (κ1) is 16.4. The quantitative estimate of drug-likeness (QED) is 0.640. The van der Waals surface area contributed by atoms with Gasteiger partial charge in [0.05, 0.1) is 6.04 Å². The molecular formula is C13H29N3O. The number of nitrogens with zero attached hydrogens (tertiary/aromatic N) is 1. The Kier molecular flexibility index (Phi) is 8.17. The van der Waals surface area contributed by atoms with E-state index in [1.165, 1.54) is 6.42 Å². The van der Waals surface area contributed by atoms with E-state index in [0.29, 0.717) is 12.0 Å². The van der Waals surface area contributed by atoms with Gasteiger partial charge in [-0.25, -0.2) is 0 Å². The molecule has 0 bridgehead atoms. The summed E-state index contributed by atoms with van der Waals surface area (Å²) >= 11 is 0. The van der Waals surface area contributed by atoms with E-state index < -0.39 is 0 Å². The molecular weight excluding hydrogens is 214 g/mol. The van der Waals surface area contributed by atoms with Crippen LogP contribution in [0.2, 0.25) is 0 Å². The van der Waals surface area contributed by atoms with Crippen LogP contribution in [0.15, 0.2) is 0 Å². The van der Waals surface area contributed by atoms with Gasteiger partial charge in [-0.05, 0) is 39.3 Å². The minimum Gasteiger partial charge on any atom is -0.368 e. The van der Waals surface area contributed by atoms with E-state index in [1.54, 1.807) is 0 Å². The minimum absolute atomic E-state index is 0.200. The first-order chi connectivity index (χ1) is 7.88. The number of nitrogens with two attached hydrogens (primary N) is 1. The van der Waals surface area contributed by atoms with Gasteiger partial charge < -0.3 is 16.0 Å². The second-order valence-electron chi connectivity index (χ2n) is 5.26. The summed E-state index contributed by atoms with van der Waals surface area (Å²) in [7, 11) is 2.11. The largest absolute Gasteiger partial charge is 0.368 e. The molecule has 0 radical (unpaired) electrons. The fourth-order valence-electron chi connectivity index (χ4n) is 2.01. The summed E-state index contributed by atoms with van der Waals surface area (Å²) in [5.41, 5.74) is 5.35. The lowest BCUT2D eigenvalue weighted by molar-refractivity contribution is -0.120. The molecule has 0 fully saturated rings. The van der Waals surface area contributed by atoms with E-state index in [2.05, 4.69) is 38.0 Å². The van der Waals surface area contributed by atoms with Gasteiger partial charge >= 0.3 is 0 Å². The molecule has 0 saturated heterocycles. The molecule has 0 saturated carbocycles. The van der Waals surface area contributed by atoms with Crippen molar-refractivity contribution >= 4 is 5.91 Å². The summed E-state index contributed by atoms with van der Waals surface area (Å²) in [5, 5.41) is 3.12. The number of carbonyl (C=O) groups excluding carboxylic acids is 1. The SMILES string of the molecule is CCNC(CCN(C)C(C)CC(C)C)C(N)=O. The number of nitrogens with one attached hydrogen (secondary N) is 1. The molecule has 0 heterocycles. The van der Waals surface area contributed by atoms with Gasteiger partial charge in [-0.2, -0.15) is 0 Å². The first-order valence-corrected chi connectivity index (χ1v) is 6.61. The molecule has 0 aromatic heterocycles. The lowest BCUT2D eigenvalue weighted by atomic mass is 10.0. The molecule has 1 amide bonds. The molecule has 3 N–H and O–H groups in total. The van der Waals surface area contributed by atoms with Crippen LogP contribution in [0.5, 0.6) is 0 Å². The Bertz CT molecular complexity index is 219. The number of rotatable bonds is 9. The highest BCUT2D eigenvalue weighted by Gasteiger charge is 2.16. The third kappa shape index (κ3) is 7.34. The van der Waals surface area contributed by atoms with Crippen LogP contribution >= 0.6 is 0 Å². The van der Waals surface area contributed by atoms with Crippen molar-refractivity contribution in [2.45, 2.75) is 52.6 Å². The van der Waals surface area contributed by atoms with E-state index in [0.717, 1.165) is 19.5 Å². The maximum atomic E-state index is 11.2. The van der Waals surface area contributed by atoms with Gasteiger partial charge in [-0.3, -0.25) is 4.79 Å². The molecule has 0 aliphatic rings. The molecule has 4 heteroatoms. The molecule has 0 aliphatic heterocycles. The number of likely N-dealkylation sites (N-methyl/N-ethyl adjacent to an activating group) is 1. The van der Waals surface area contributed by atoms with E-state index in [1.807, 2.05) is 6.92 Å². The Balaban J connectivity index is 4.02. The van der Waals surface area contributed by atoms with Gasteiger partial charge in [-0.15, -0.1) is 0 Å². The Labute approximate surface area is 106 Å². The van der Waals surface area contributed by atoms with Crippen molar-refractivity contribution in [3.05, 3.63) is 0 Å². The zero-order valence-corrected chi connectivity index (χ0v) is 12.0. The van der Waals surface area contributed by atoms with Crippen LogP contribution in [0.1, 0.15) is 40.5 Å². The summed E-state index contributed by atoms with van der Waals surface area (Å²) in [5.74, 6) is 0.449. The van der Waals surface area contributed by atoms with Crippen LogP contribution in [0, 0.1) is 5.92 Å². The van der Waals surface area contributed by atoms with Gasteiger partial charge in [0, 0.05) is 12.6 Å². The predicted octanol–water partition coefficient (Wildman–Crippen LogP) is 1.21. The van der Waals surface area contributed by atoms with Crippen molar-refractivity contribution in [3.63, 3.8) is 0 Å². The smallest absolute Gasteiger partial charge is 0.234 e. The van der Waals surface area contributed by atoms with Gasteiger partial charge in [0.25, 0.3) is 0 Å². The molecule has 4 nitrogen and oxygen atoms in total. The third-order valence-corrected chi connectivity index (χ3v) is 3.13. The molecule has 0 spiro atoms. The second-order valence-corrected chi connectivity index (χ2v) is 5.26. The normalized spacial score (nSPS) is 15.2. The van der Waals surface area contributed by atoms with Crippen molar-refractivity contribution in [2.24, 2.45) is 11.7 Å². The Morgan fingerprint density at radius 2 is 1.94 bits per heavy atom. The third-order valence-electron chi connectivity index (χ3n) is 3.13. The Morgan fingerprint density at radius 3 is 2.35 bits per heavy atom. The standard InChI is InChI=1S/C13H29N3O/c1-6-15-12(13(14)17)7-8-16(5)11(4)9-10(2)3/h10-12,15H,6-9H2,1-5H3,(H2,14,17). The summed E-state index contributed by atoms with van der Waals surface area (Å²) in [4.78, 5) is 13.5. The summed E-state index contributed by atoms with van der Waals surface area (Å²) in [6.07, 6.45) is 1.96. The monoisotopic (exact) mass is 243 g/mol. The lowest BCUT2D eigenvalue weighted by Gasteiger charge is -2.27. The van der Waals surface area contributed by atoms with Crippen LogP contribution in [-0.4, -0.2) is 43.0 Å². The van der Waals surface area contributed by atoms with E-state index in [-0.39, 0.29) is 11.9 Å². The van der Waals surface area contributed by atoms with Crippen molar-refractivity contribution in [2.75, 3.05) is 20.1 Å². The van der Waals surface area contributed by atoms with Crippen LogP contribution in [0.3, 0.4) is 0 Å². The highest BCUT2D eigenvalue weighted by Crippen LogP contribution is 2.10. The maximum Gasteiger partial charge on any atom is 0.234 e. The van der Waals surface area contributed by atoms with Crippen molar-refractivity contribution in [3.8, 4) is 0 Å².